The third-order valence-corrected chi connectivity index (χ3v) is 5.31. The fraction of sp³-hybridized carbons (Fsp3) is 1.00. The van der Waals surface area contributed by atoms with Gasteiger partial charge >= 0.3 is 0 Å². The summed E-state index contributed by atoms with van der Waals surface area (Å²) < 4.78 is 0. The van der Waals surface area contributed by atoms with Gasteiger partial charge in [-0.2, -0.15) is 0 Å². The number of rotatable bonds is 6. The molecule has 0 aromatic heterocycles. The van der Waals surface area contributed by atoms with E-state index in [-0.39, 0.29) is 0 Å². The molecule has 0 aromatic rings. The Kier molecular flexibility index (Phi) is 6.31. The van der Waals surface area contributed by atoms with E-state index in [1.807, 2.05) is 0 Å². The minimum absolute atomic E-state index is 0.562. The summed E-state index contributed by atoms with van der Waals surface area (Å²) in [6.45, 7) is 12.2. The number of hydrogen-bond donors (Lipinski definition) is 1. The average molecular weight is 281 g/mol. The second kappa shape index (κ2) is 7.77. The Labute approximate surface area is 126 Å². The summed E-state index contributed by atoms with van der Waals surface area (Å²) in [5.41, 5.74) is 0.562. The van der Waals surface area contributed by atoms with Crippen LogP contribution in [0.5, 0.6) is 0 Å². The van der Waals surface area contributed by atoms with Gasteiger partial charge in [-0.1, -0.05) is 19.8 Å². The topological polar surface area (TPSA) is 18.5 Å². The molecule has 0 amide bonds. The van der Waals surface area contributed by atoms with Gasteiger partial charge in [0.25, 0.3) is 0 Å². The lowest BCUT2D eigenvalue weighted by atomic mass is 9.85. The van der Waals surface area contributed by atoms with Crippen molar-refractivity contribution in [2.24, 2.45) is 5.41 Å². The number of hydrogen-bond acceptors (Lipinski definition) is 3. The Morgan fingerprint density at radius 2 is 1.90 bits per heavy atom. The molecule has 0 bridgehead atoms. The molecule has 1 saturated carbocycles. The van der Waals surface area contributed by atoms with Crippen molar-refractivity contribution >= 4 is 0 Å². The van der Waals surface area contributed by atoms with Gasteiger partial charge < -0.3 is 10.2 Å². The van der Waals surface area contributed by atoms with Crippen LogP contribution in [0.3, 0.4) is 0 Å². The van der Waals surface area contributed by atoms with Crippen molar-refractivity contribution in [3.8, 4) is 0 Å². The molecule has 0 aromatic carbocycles. The second-order valence-electron chi connectivity index (χ2n) is 7.32. The van der Waals surface area contributed by atoms with Crippen molar-refractivity contribution in [1.82, 2.24) is 15.1 Å². The van der Waals surface area contributed by atoms with Crippen LogP contribution in [0.4, 0.5) is 0 Å². The third-order valence-electron chi connectivity index (χ3n) is 5.31. The third kappa shape index (κ3) is 4.44. The van der Waals surface area contributed by atoms with Crippen LogP contribution in [-0.4, -0.2) is 62.2 Å². The lowest BCUT2D eigenvalue weighted by Gasteiger charge is -2.38. The maximum atomic E-state index is 3.71. The summed E-state index contributed by atoms with van der Waals surface area (Å²) in [5.74, 6) is 0. The normalized spacial score (nSPS) is 28.6. The van der Waals surface area contributed by atoms with Crippen LogP contribution in [0.1, 0.15) is 52.4 Å². The molecule has 3 heteroatoms. The minimum Gasteiger partial charge on any atom is -0.316 e. The smallest absolute Gasteiger partial charge is 0.0195 e. The molecule has 3 nitrogen and oxygen atoms in total. The molecular weight excluding hydrogens is 246 g/mol. The van der Waals surface area contributed by atoms with Crippen LogP contribution in [0, 0.1) is 5.41 Å². The van der Waals surface area contributed by atoms with Crippen LogP contribution in [0.2, 0.25) is 0 Å². The van der Waals surface area contributed by atoms with Crippen molar-refractivity contribution in [2.45, 2.75) is 58.4 Å². The van der Waals surface area contributed by atoms with E-state index in [9.17, 15) is 0 Å². The molecule has 1 aliphatic carbocycles. The number of nitrogens with one attached hydrogen (secondary N) is 1. The van der Waals surface area contributed by atoms with Gasteiger partial charge in [-0.25, -0.2) is 0 Å². The summed E-state index contributed by atoms with van der Waals surface area (Å²) in [6, 6.07) is 0.714. The van der Waals surface area contributed by atoms with Gasteiger partial charge in [0.15, 0.2) is 0 Å². The molecule has 0 spiro atoms. The fourth-order valence-electron chi connectivity index (χ4n) is 4.13. The van der Waals surface area contributed by atoms with Gasteiger partial charge in [-0.05, 0) is 64.7 Å². The molecule has 1 heterocycles. The molecular formula is C17H35N3. The zero-order chi connectivity index (χ0) is 14.4. The number of likely N-dealkylation sites (N-methyl/N-ethyl adjacent to an activating group) is 1. The standard InChI is InChI=1S/C17H35N3/c1-4-10-18-14-17(8-5-6-9-17)15-20-12-7-11-19(3)13-16(20)2/h16,18H,4-15H2,1-3H3. The van der Waals surface area contributed by atoms with Crippen LogP contribution < -0.4 is 5.32 Å². The Balaban J connectivity index is 1.92. The zero-order valence-corrected chi connectivity index (χ0v) is 14.0. The van der Waals surface area contributed by atoms with Gasteiger partial charge in [-0.15, -0.1) is 0 Å². The largest absolute Gasteiger partial charge is 0.316 e. The highest BCUT2D eigenvalue weighted by Gasteiger charge is 2.36. The van der Waals surface area contributed by atoms with E-state index >= 15 is 0 Å². The Hall–Kier alpha value is -0.120. The first kappa shape index (κ1) is 16.3. The van der Waals surface area contributed by atoms with E-state index in [1.165, 1.54) is 77.8 Å². The molecule has 1 N–H and O–H groups in total. The highest BCUT2D eigenvalue weighted by atomic mass is 15.2. The van der Waals surface area contributed by atoms with Gasteiger partial charge in [0.05, 0.1) is 0 Å². The van der Waals surface area contributed by atoms with Gasteiger partial charge in [-0.3, -0.25) is 4.90 Å². The molecule has 118 valence electrons. The van der Waals surface area contributed by atoms with E-state index in [4.69, 9.17) is 0 Å². The molecule has 2 aliphatic rings. The second-order valence-corrected chi connectivity index (χ2v) is 7.32. The first-order chi connectivity index (χ1) is 9.65. The van der Waals surface area contributed by atoms with Crippen molar-refractivity contribution < 1.29 is 0 Å². The molecule has 1 atom stereocenters. The van der Waals surface area contributed by atoms with Crippen LogP contribution in [0.15, 0.2) is 0 Å². The monoisotopic (exact) mass is 281 g/mol. The molecule has 1 saturated heterocycles. The molecule has 0 radical (unpaired) electrons. The number of nitrogens with zero attached hydrogens (tertiary/aromatic N) is 2. The summed E-state index contributed by atoms with van der Waals surface area (Å²) in [5, 5.41) is 3.71. The van der Waals surface area contributed by atoms with Gasteiger partial charge in [0.1, 0.15) is 0 Å². The summed E-state index contributed by atoms with van der Waals surface area (Å²) in [7, 11) is 2.27. The first-order valence-electron chi connectivity index (χ1n) is 8.78. The Bertz CT molecular complexity index is 273. The summed E-state index contributed by atoms with van der Waals surface area (Å²) >= 11 is 0. The van der Waals surface area contributed by atoms with E-state index in [2.05, 4.69) is 36.0 Å². The predicted octanol–water partition coefficient (Wildman–Crippen LogP) is 2.57. The summed E-state index contributed by atoms with van der Waals surface area (Å²) in [4.78, 5) is 5.28. The fourth-order valence-corrected chi connectivity index (χ4v) is 4.13. The van der Waals surface area contributed by atoms with E-state index in [0.29, 0.717) is 11.5 Å². The lowest BCUT2D eigenvalue weighted by molar-refractivity contribution is 0.115. The van der Waals surface area contributed by atoms with Crippen molar-refractivity contribution in [3.63, 3.8) is 0 Å². The molecule has 2 fully saturated rings. The molecule has 1 unspecified atom stereocenters. The highest BCUT2D eigenvalue weighted by molar-refractivity contribution is 4.91. The zero-order valence-electron chi connectivity index (χ0n) is 14.0. The maximum Gasteiger partial charge on any atom is 0.0195 e. The molecule has 1 aliphatic heterocycles. The quantitative estimate of drug-likeness (QED) is 0.755. The van der Waals surface area contributed by atoms with Crippen LogP contribution >= 0.6 is 0 Å². The van der Waals surface area contributed by atoms with E-state index < -0.39 is 0 Å². The highest BCUT2D eigenvalue weighted by Crippen LogP contribution is 2.39. The van der Waals surface area contributed by atoms with Gasteiger partial charge in [0.2, 0.25) is 0 Å². The average Bonchev–Trinajstić information content (AvgIpc) is 2.80. The van der Waals surface area contributed by atoms with E-state index in [0.717, 1.165) is 0 Å². The van der Waals surface area contributed by atoms with E-state index in [1.54, 1.807) is 0 Å². The Morgan fingerprint density at radius 1 is 1.15 bits per heavy atom. The maximum absolute atomic E-state index is 3.71. The summed E-state index contributed by atoms with van der Waals surface area (Å²) in [6.07, 6.45) is 8.33. The predicted molar refractivity (Wildman–Crippen MR) is 87.2 cm³/mol. The molecule has 20 heavy (non-hydrogen) atoms. The molecule has 2 rings (SSSR count). The van der Waals surface area contributed by atoms with Crippen LogP contribution in [0.25, 0.3) is 0 Å². The lowest BCUT2D eigenvalue weighted by Crippen LogP contribution is -2.47. The SMILES string of the molecule is CCCNCC1(CN2CCCN(C)CC2C)CCCC1. The van der Waals surface area contributed by atoms with Crippen molar-refractivity contribution in [3.05, 3.63) is 0 Å². The minimum atomic E-state index is 0.562. The first-order valence-corrected chi connectivity index (χ1v) is 8.78. The van der Waals surface area contributed by atoms with Crippen LogP contribution in [-0.2, 0) is 0 Å². The van der Waals surface area contributed by atoms with Gasteiger partial charge in [0, 0.05) is 25.7 Å². The van der Waals surface area contributed by atoms with Crippen molar-refractivity contribution in [1.29, 1.82) is 0 Å². The van der Waals surface area contributed by atoms with Crippen molar-refractivity contribution in [2.75, 3.05) is 46.3 Å². The Morgan fingerprint density at radius 3 is 2.60 bits per heavy atom.